The maximum absolute atomic E-state index is 13.2. The molecule has 1 aromatic carbocycles. The van der Waals surface area contributed by atoms with Crippen LogP contribution in [0.5, 0.6) is 0 Å². The largest absolute Gasteiger partial charge is 0.368 e. The second kappa shape index (κ2) is 4.81. The first-order chi connectivity index (χ1) is 9.22. The molecule has 98 valence electrons. The highest BCUT2D eigenvalue weighted by molar-refractivity contribution is 5.61. The van der Waals surface area contributed by atoms with Crippen LogP contribution in [0.25, 0.3) is 0 Å². The van der Waals surface area contributed by atoms with Crippen molar-refractivity contribution in [2.75, 3.05) is 17.6 Å². The fourth-order valence-electron chi connectivity index (χ4n) is 2.17. The Morgan fingerprint density at radius 1 is 1.32 bits per heavy atom. The number of nitrogens with one attached hydrogen (secondary N) is 2. The van der Waals surface area contributed by atoms with E-state index in [0.717, 1.165) is 24.2 Å². The Morgan fingerprint density at radius 2 is 2.21 bits per heavy atom. The van der Waals surface area contributed by atoms with Crippen LogP contribution in [0, 0.1) is 5.82 Å². The lowest BCUT2D eigenvalue weighted by Gasteiger charge is -2.19. The molecule has 0 unspecified atom stereocenters. The fraction of sp³-hybridized carbons (Fsp3) is 0.231. The van der Waals surface area contributed by atoms with Crippen LogP contribution in [0.4, 0.5) is 21.8 Å². The van der Waals surface area contributed by atoms with Gasteiger partial charge in [-0.05, 0) is 18.2 Å². The summed E-state index contributed by atoms with van der Waals surface area (Å²) in [6.45, 7) is 1.57. The molecule has 0 amide bonds. The minimum atomic E-state index is -0.293. The van der Waals surface area contributed by atoms with E-state index in [1.807, 2.05) is 0 Å². The summed E-state index contributed by atoms with van der Waals surface area (Å²) >= 11 is 0. The highest BCUT2D eigenvalue weighted by Crippen LogP contribution is 2.24. The van der Waals surface area contributed by atoms with Gasteiger partial charge in [0, 0.05) is 30.8 Å². The summed E-state index contributed by atoms with van der Waals surface area (Å²) in [5.41, 5.74) is 8.29. The number of halogens is 1. The quantitative estimate of drug-likeness (QED) is 0.763. The lowest BCUT2D eigenvalue weighted by Crippen LogP contribution is -2.26. The number of hydrogen-bond donors (Lipinski definition) is 3. The number of aromatic nitrogens is 2. The van der Waals surface area contributed by atoms with Crippen molar-refractivity contribution >= 4 is 17.5 Å². The average molecular weight is 259 g/mol. The molecule has 0 fully saturated rings. The van der Waals surface area contributed by atoms with Crippen molar-refractivity contribution in [3.8, 4) is 0 Å². The summed E-state index contributed by atoms with van der Waals surface area (Å²) in [4.78, 5) is 8.45. The van der Waals surface area contributed by atoms with Gasteiger partial charge in [0.2, 0.25) is 5.95 Å². The Hall–Kier alpha value is -2.21. The summed E-state index contributed by atoms with van der Waals surface area (Å²) in [5.74, 6) is 0.582. The van der Waals surface area contributed by atoms with Crippen molar-refractivity contribution in [3.05, 3.63) is 41.3 Å². The van der Waals surface area contributed by atoms with Gasteiger partial charge in [-0.25, -0.2) is 9.37 Å². The third-order valence-electron chi connectivity index (χ3n) is 3.04. The Labute approximate surface area is 110 Å². The molecule has 0 bridgehead atoms. The first kappa shape index (κ1) is 11.9. The number of nitrogens with two attached hydrogens (primary N) is 1. The van der Waals surface area contributed by atoms with Gasteiger partial charge in [0.25, 0.3) is 0 Å². The molecule has 1 aliphatic rings. The molecule has 1 aromatic heterocycles. The molecular formula is C13H14FN5. The number of anilines is 3. The monoisotopic (exact) mass is 259 g/mol. The summed E-state index contributed by atoms with van der Waals surface area (Å²) < 4.78 is 13.2. The van der Waals surface area contributed by atoms with E-state index in [-0.39, 0.29) is 11.8 Å². The van der Waals surface area contributed by atoms with Crippen molar-refractivity contribution in [1.29, 1.82) is 0 Å². The summed E-state index contributed by atoms with van der Waals surface area (Å²) in [5, 5.41) is 6.37. The topological polar surface area (TPSA) is 75.9 Å². The maximum Gasteiger partial charge on any atom is 0.222 e. The van der Waals surface area contributed by atoms with Crippen LogP contribution in [0.2, 0.25) is 0 Å². The SMILES string of the molecule is Nc1nc2c(c(Nc3cccc(F)c3)n1)CNCC2. The zero-order valence-electron chi connectivity index (χ0n) is 10.3. The molecule has 1 aliphatic heterocycles. The molecule has 5 nitrogen and oxygen atoms in total. The van der Waals surface area contributed by atoms with E-state index in [2.05, 4.69) is 20.6 Å². The first-order valence-electron chi connectivity index (χ1n) is 6.11. The van der Waals surface area contributed by atoms with Gasteiger partial charge in [0.05, 0.1) is 5.69 Å². The minimum absolute atomic E-state index is 0.236. The molecule has 4 N–H and O–H groups in total. The van der Waals surface area contributed by atoms with Crippen LogP contribution >= 0.6 is 0 Å². The van der Waals surface area contributed by atoms with Crippen molar-refractivity contribution < 1.29 is 4.39 Å². The van der Waals surface area contributed by atoms with Gasteiger partial charge in [-0.3, -0.25) is 0 Å². The fourth-order valence-corrected chi connectivity index (χ4v) is 2.17. The lowest BCUT2D eigenvalue weighted by atomic mass is 10.1. The second-order valence-electron chi connectivity index (χ2n) is 4.42. The van der Waals surface area contributed by atoms with Crippen LogP contribution in [0.3, 0.4) is 0 Å². The Morgan fingerprint density at radius 3 is 3.05 bits per heavy atom. The molecule has 2 heterocycles. The molecule has 19 heavy (non-hydrogen) atoms. The summed E-state index contributed by atoms with van der Waals surface area (Å²) in [6.07, 6.45) is 0.819. The van der Waals surface area contributed by atoms with Crippen LogP contribution in [0.15, 0.2) is 24.3 Å². The van der Waals surface area contributed by atoms with E-state index in [1.54, 1.807) is 12.1 Å². The molecule has 0 spiro atoms. The predicted molar refractivity (Wildman–Crippen MR) is 71.5 cm³/mol. The molecule has 0 saturated carbocycles. The van der Waals surface area contributed by atoms with Crippen molar-refractivity contribution in [1.82, 2.24) is 15.3 Å². The number of nitrogens with zero attached hydrogens (tertiary/aromatic N) is 2. The number of hydrogen-bond acceptors (Lipinski definition) is 5. The van der Waals surface area contributed by atoms with Crippen molar-refractivity contribution in [2.45, 2.75) is 13.0 Å². The van der Waals surface area contributed by atoms with E-state index in [0.29, 0.717) is 18.1 Å². The van der Waals surface area contributed by atoms with E-state index in [1.165, 1.54) is 12.1 Å². The normalized spacial score (nSPS) is 13.9. The number of rotatable bonds is 2. The first-order valence-corrected chi connectivity index (χ1v) is 6.11. The summed E-state index contributed by atoms with van der Waals surface area (Å²) in [7, 11) is 0. The highest BCUT2D eigenvalue weighted by atomic mass is 19.1. The predicted octanol–water partition coefficient (Wildman–Crippen LogP) is 1.59. The third-order valence-corrected chi connectivity index (χ3v) is 3.04. The Kier molecular flexibility index (Phi) is 3.00. The van der Waals surface area contributed by atoms with E-state index >= 15 is 0 Å². The molecule has 0 atom stereocenters. The Bertz CT molecular complexity index is 614. The number of nitrogen functional groups attached to an aromatic ring is 1. The molecule has 0 aliphatic carbocycles. The van der Waals surface area contributed by atoms with Crippen LogP contribution in [-0.2, 0) is 13.0 Å². The minimum Gasteiger partial charge on any atom is -0.368 e. The number of fused-ring (bicyclic) bond motifs is 1. The molecule has 3 rings (SSSR count). The lowest BCUT2D eigenvalue weighted by molar-refractivity contribution is 0.627. The molecule has 0 radical (unpaired) electrons. The van der Waals surface area contributed by atoms with Gasteiger partial charge in [-0.15, -0.1) is 0 Å². The van der Waals surface area contributed by atoms with Gasteiger partial charge in [0.1, 0.15) is 11.6 Å². The van der Waals surface area contributed by atoms with Crippen LogP contribution in [0.1, 0.15) is 11.3 Å². The van der Waals surface area contributed by atoms with Crippen LogP contribution < -0.4 is 16.4 Å². The second-order valence-corrected chi connectivity index (χ2v) is 4.42. The van der Waals surface area contributed by atoms with Gasteiger partial charge in [-0.2, -0.15) is 4.98 Å². The van der Waals surface area contributed by atoms with E-state index in [4.69, 9.17) is 5.73 Å². The van der Waals surface area contributed by atoms with Gasteiger partial charge < -0.3 is 16.4 Å². The zero-order valence-corrected chi connectivity index (χ0v) is 10.3. The van der Waals surface area contributed by atoms with Gasteiger partial charge in [-0.1, -0.05) is 6.07 Å². The van der Waals surface area contributed by atoms with Crippen molar-refractivity contribution in [3.63, 3.8) is 0 Å². The molecule has 6 heteroatoms. The maximum atomic E-state index is 13.2. The van der Waals surface area contributed by atoms with Gasteiger partial charge >= 0.3 is 0 Å². The Balaban J connectivity index is 1.98. The highest BCUT2D eigenvalue weighted by Gasteiger charge is 2.16. The zero-order chi connectivity index (χ0) is 13.2. The van der Waals surface area contributed by atoms with Crippen LogP contribution in [-0.4, -0.2) is 16.5 Å². The van der Waals surface area contributed by atoms with Gasteiger partial charge in [0.15, 0.2) is 0 Å². The number of benzene rings is 1. The molecule has 2 aromatic rings. The van der Waals surface area contributed by atoms with E-state index < -0.39 is 0 Å². The van der Waals surface area contributed by atoms with E-state index in [9.17, 15) is 4.39 Å². The molecular weight excluding hydrogens is 245 g/mol. The summed E-state index contributed by atoms with van der Waals surface area (Å²) in [6, 6.07) is 6.24. The smallest absolute Gasteiger partial charge is 0.222 e. The molecule has 0 saturated heterocycles. The standard InChI is InChI=1S/C13H14FN5/c14-8-2-1-3-9(6-8)17-12-10-7-16-5-4-11(10)18-13(15)19-12/h1-3,6,16H,4-5,7H2,(H3,15,17,18,19). The van der Waals surface area contributed by atoms with Crippen molar-refractivity contribution in [2.24, 2.45) is 0 Å². The average Bonchev–Trinajstić information content (AvgIpc) is 2.38. The third kappa shape index (κ3) is 2.48.